The van der Waals surface area contributed by atoms with Crippen LogP contribution >= 0.6 is 0 Å². The van der Waals surface area contributed by atoms with Gasteiger partial charge in [-0.25, -0.2) is 4.98 Å². The molecule has 2 aliphatic carbocycles. The average Bonchev–Trinajstić information content (AvgIpc) is 3.60. The maximum absolute atomic E-state index is 11.4. The summed E-state index contributed by atoms with van der Waals surface area (Å²) < 4.78 is 21.0. The molecule has 2 aliphatic rings. The summed E-state index contributed by atoms with van der Waals surface area (Å²) in [5.74, 6) is 3.18. The average molecular weight is 678 g/mol. The molecular weight excluding hydrogens is 623 g/mol. The number of nitrogens with zero attached hydrogens (tertiary/aromatic N) is 5. The van der Waals surface area contributed by atoms with Crippen LogP contribution in [0.1, 0.15) is 66.7 Å². The Balaban J connectivity index is 1.66. The largest absolute Gasteiger partial charge is 0.494 e. The van der Waals surface area contributed by atoms with Gasteiger partial charge >= 0.3 is 0 Å². The van der Waals surface area contributed by atoms with Gasteiger partial charge in [0.1, 0.15) is 30.7 Å². The minimum atomic E-state index is -1.28. The second-order valence-corrected chi connectivity index (χ2v) is 27.1. The molecule has 5 rings (SSSR count). The highest BCUT2D eigenvalue weighted by Crippen LogP contribution is 2.50. The summed E-state index contributed by atoms with van der Waals surface area (Å²) in [6, 6.07) is 5.81. The van der Waals surface area contributed by atoms with Crippen LogP contribution in [0.4, 0.5) is 5.82 Å². The van der Waals surface area contributed by atoms with E-state index in [4.69, 9.17) is 24.3 Å². The van der Waals surface area contributed by atoms with Crippen LogP contribution in [0, 0.1) is 11.8 Å². The standard InChI is InChI=1S/C36H55N5O4Si2/c1-9-45-26(2)33-34(30-19-27-10-11-28(18-27)20-30)39-35-32(29-12-13-31(23-42)37-21-29)22-38-41(35)36(33)40(24-43-14-16-46(3,4)5)25-44-15-17-47(6,7)8/h12-13,21-23,27-28,30H,2,9-11,14-20,24-25H2,1,3-8H3/t27-,28+,30?. The van der Waals surface area contributed by atoms with Crippen LogP contribution in [-0.4, -0.2) is 75.3 Å². The minimum Gasteiger partial charge on any atom is -0.494 e. The first-order valence-corrected chi connectivity index (χ1v) is 24.8. The van der Waals surface area contributed by atoms with E-state index in [0.717, 1.165) is 76.9 Å². The van der Waals surface area contributed by atoms with Gasteiger partial charge in [-0.2, -0.15) is 9.61 Å². The smallest absolute Gasteiger partial charge is 0.168 e. The lowest BCUT2D eigenvalue weighted by atomic mass is 9.78. The van der Waals surface area contributed by atoms with Crippen molar-refractivity contribution >= 4 is 39.7 Å². The van der Waals surface area contributed by atoms with Crippen molar-refractivity contribution in [3.8, 4) is 11.1 Å². The fourth-order valence-electron chi connectivity index (χ4n) is 6.93. The number of aldehydes is 1. The Kier molecular flexibility index (Phi) is 11.4. The molecule has 0 aromatic carbocycles. The van der Waals surface area contributed by atoms with E-state index in [2.05, 4.69) is 55.7 Å². The van der Waals surface area contributed by atoms with Crippen molar-refractivity contribution in [3.63, 3.8) is 0 Å². The molecule has 3 aromatic rings. The lowest BCUT2D eigenvalue weighted by Crippen LogP contribution is -2.34. The quantitative estimate of drug-likeness (QED) is 0.0463. The van der Waals surface area contributed by atoms with E-state index in [1.54, 1.807) is 12.3 Å². The van der Waals surface area contributed by atoms with Crippen molar-refractivity contribution in [1.29, 1.82) is 0 Å². The third-order valence-electron chi connectivity index (χ3n) is 9.52. The predicted molar refractivity (Wildman–Crippen MR) is 195 cm³/mol. The Bertz CT molecular complexity index is 1500. The number of anilines is 1. The van der Waals surface area contributed by atoms with Crippen molar-refractivity contribution in [1.82, 2.24) is 19.6 Å². The number of ether oxygens (including phenoxy) is 3. The number of hydrogen-bond donors (Lipinski definition) is 0. The Labute approximate surface area is 283 Å². The van der Waals surface area contributed by atoms with E-state index in [-0.39, 0.29) is 5.92 Å². The first-order valence-electron chi connectivity index (χ1n) is 17.4. The van der Waals surface area contributed by atoms with Crippen LogP contribution in [0.2, 0.25) is 51.4 Å². The predicted octanol–water partition coefficient (Wildman–Crippen LogP) is 8.34. The molecule has 9 nitrogen and oxygen atoms in total. The summed E-state index contributed by atoms with van der Waals surface area (Å²) in [5.41, 5.74) is 4.79. The number of aromatic nitrogens is 4. The van der Waals surface area contributed by atoms with Crippen LogP contribution in [0.3, 0.4) is 0 Å². The third kappa shape index (κ3) is 8.98. The number of carbonyl (C=O) groups excluding carboxylic acids is 1. The summed E-state index contributed by atoms with van der Waals surface area (Å²) in [6.07, 6.45) is 10.5. The monoisotopic (exact) mass is 677 g/mol. The highest BCUT2D eigenvalue weighted by atomic mass is 28.3. The molecule has 2 saturated carbocycles. The van der Waals surface area contributed by atoms with Crippen molar-refractivity contribution in [2.24, 2.45) is 11.8 Å². The first kappa shape index (κ1) is 35.4. The van der Waals surface area contributed by atoms with Crippen LogP contribution < -0.4 is 4.90 Å². The zero-order valence-corrected chi connectivity index (χ0v) is 31.7. The Morgan fingerprint density at radius 2 is 1.62 bits per heavy atom. The highest BCUT2D eigenvalue weighted by Gasteiger charge is 2.38. The van der Waals surface area contributed by atoms with Crippen molar-refractivity contribution < 1.29 is 19.0 Å². The van der Waals surface area contributed by atoms with Crippen LogP contribution in [-0.2, 0) is 14.2 Å². The summed E-state index contributed by atoms with van der Waals surface area (Å²) in [4.78, 5) is 23.3. The zero-order chi connectivity index (χ0) is 33.8. The normalized spacial score (nSPS) is 19.7. The molecule has 0 N–H and O–H groups in total. The molecular formula is C36H55N5O4Si2. The topological polar surface area (TPSA) is 91.1 Å². The molecule has 256 valence electrons. The van der Waals surface area contributed by atoms with E-state index in [1.807, 2.05) is 23.7 Å². The zero-order valence-electron chi connectivity index (χ0n) is 29.7. The van der Waals surface area contributed by atoms with Gasteiger partial charge in [0, 0.05) is 52.6 Å². The van der Waals surface area contributed by atoms with Gasteiger partial charge in [-0.05, 0) is 56.2 Å². The lowest BCUT2D eigenvalue weighted by Gasteiger charge is -2.33. The van der Waals surface area contributed by atoms with Crippen molar-refractivity contribution in [3.05, 3.63) is 48.1 Å². The number of pyridine rings is 1. The molecule has 0 radical (unpaired) electrons. The van der Waals surface area contributed by atoms with E-state index in [1.165, 1.54) is 19.3 Å². The van der Waals surface area contributed by atoms with Gasteiger partial charge in [0.15, 0.2) is 11.9 Å². The molecule has 11 heteroatoms. The van der Waals surface area contributed by atoms with Crippen LogP contribution in [0.25, 0.3) is 22.5 Å². The molecule has 3 heterocycles. The Hall–Kier alpha value is -2.87. The maximum atomic E-state index is 11.4. The molecule has 3 atom stereocenters. The molecule has 0 amide bonds. The van der Waals surface area contributed by atoms with E-state index >= 15 is 0 Å². The molecule has 0 spiro atoms. The van der Waals surface area contributed by atoms with Gasteiger partial charge in [0.2, 0.25) is 0 Å². The SMILES string of the molecule is C=C(OCC)c1c(C2C[C@H]3CC[C@@H](C2)C3)nc2c(-c3ccc(C=O)nc3)cnn2c1N(COCC[Si](C)(C)C)COCC[Si](C)(C)C. The van der Waals surface area contributed by atoms with Gasteiger partial charge in [0.25, 0.3) is 0 Å². The molecule has 0 saturated heterocycles. The first-order chi connectivity index (χ1) is 22.4. The highest BCUT2D eigenvalue weighted by molar-refractivity contribution is 6.76. The van der Waals surface area contributed by atoms with Crippen molar-refractivity contribution in [2.75, 3.05) is 38.2 Å². The summed E-state index contributed by atoms with van der Waals surface area (Å²) in [7, 11) is -2.57. The number of hydrogen-bond acceptors (Lipinski definition) is 8. The summed E-state index contributed by atoms with van der Waals surface area (Å²) >= 11 is 0. The molecule has 3 aromatic heterocycles. The van der Waals surface area contributed by atoms with Gasteiger partial charge in [-0.3, -0.25) is 9.78 Å². The van der Waals surface area contributed by atoms with Crippen LogP contribution in [0.15, 0.2) is 31.1 Å². The third-order valence-corrected chi connectivity index (χ3v) is 12.9. The van der Waals surface area contributed by atoms with E-state index < -0.39 is 16.1 Å². The lowest BCUT2D eigenvalue weighted by molar-refractivity contribution is 0.0941. The van der Waals surface area contributed by atoms with E-state index in [0.29, 0.717) is 44.7 Å². The fraction of sp³-hybridized carbons (Fsp3) is 0.611. The van der Waals surface area contributed by atoms with Crippen LogP contribution in [0.5, 0.6) is 0 Å². The number of carbonyl (C=O) groups is 1. The summed E-state index contributed by atoms with van der Waals surface area (Å²) in [6.45, 7) is 23.3. The van der Waals surface area contributed by atoms with Gasteiger partial charge in [-0.1, -0.05) is 64.8 Å². The molecule has 1 unspecified atom stereocenters. The second kappa shape index (κ2) is 15.1. The fourth-order valence-corrected chi connectivity index (χ4v) is 8.44. The molecule has 2 fully saturated rings. The van der Waals surface area contributed by atoms with Gasteiger partial charge < -0.3 is 19.1 Å². The minimum absolute atomic E-state index is 0.290. The molecule has 47 heavy (non-hydrogen) atoms. The number of rotatable bonds is 17. The molecule has 0 aliphatic heterocycles. The summed E-state index contributed by atoms with van der Waals surface area (Å²) in [5, 5.41) is 4.95. The Morgan fingerprint density at radius 1 is 0.979 bits per heavy atom. The Morgan fingerprint density at radius 3 is 2.15 bits per heavy atom. The van der Waals surface area contributed by atoms with E-state index in [9.17, 15) is 4.79 Å². The molecule has 2 bridgehead atoms. The number of fused-ring (bicyclic) bond motifs is 3. The van der Waals surface area contributed by atoms with Gasteiger partial charge in [-0.15, -0.1) is 0 Å². The van der Waals surface area contributed by atoms with Crippen molar-refractivity contribution in [2.45, 2.75) is 96.3 Å². The maximum Gasteiger partial charge on any atom is 0.168 e. The second-order valence-electron chi connectivity index (χ2n) is 15.9. The van der Waals surface area contributed by atoms with Gasteiger partial charge in [0.05, 0.1) is 24.1 Å².